The van der Waals surface area contributed by atoms with Crippen LogP contribution in [0.1, 0.15) is 70.9 Å². The molecular formula is C32H39N3O5. The van der Waals surface area contributed by atoms with E-state index in [2.05, 4.69) is 24.0 Å². The van der Waals surface area contributed by atoms with Crippen molar-refractivity contribution < 1.29 is 18.7 Å². The Morgan fingerprint density at radius 3 is 2.42 bits per heavy atom. The molecule has 212 valence electrons. The molecule has 2 aliphatic heterocycles. The maximum Gasteiger partial charge on any atom is 0.254 e. The zero-order chi connectivity index (χ0) is 28.3. The fraction of sp³-hybridized carbons (Fsp3) is 0.500. The molecule has 6 rings (SSSR count). The number of fused-ring (bicyclic) bond motifs is 2. The highest BCUT2D eigenvalue weighted by atomic mass is 16.7. The number of aromatic amines is 1. The number of aryl methyl sites for hydroxylation is 2. The van der Waals surface area contributed by atoms with Crippen molar-refractivity contribution in [2.24, 2.45) is 5.92 Å². The Hall–Kier alpha value is -3.52. The number of carbonyl (C=O) groups excluding carboxylic acids is 1. The molecule has 1 fully saturated rings. The summed E-state index contributed by atoms with van der Waals surface area (Å²) >= 11 is 0. The first-order valence-corrected chi connectivity index (χ1v) is 14.3. The summed E-state index contributed by atoms with van der Waals surface area (Å²) in [6.45, 7) is 8.54. The van der Waals surface area contributed by atoms with Crippen LogP contribution in [-0.2, 0) is 13.0 Å². The summed E-state index contributed by atoms with van der Waals surface area (Å²) in [5, 5.41) is 0. The molecule has 1 aliphatic carbocycles. The number of nitrogens with one attached hydrogen (secondary N) is 1. The van der Waals surface area contributed by atoms with Crippen molar-refractivity contribution in [3.8, 4) is 22.8 Å². The Morgan fingerprint density at radius 2 is 1.77 bits per heavy atom. The predicted octanol–water partition coefficient (Wildman–Crippen LogP) is 5.37. The molecule has 1 atom stereocenters. The molecule has 0 spiro atoms. The molecular weight excluding hydrogens is 506 g/mol. The van der Waals surface area contributed by atoms with Gasteiger partial charge in [-0.3, -0.25) is 9.59 Å². The van der Waals surface area contributed by atoms with Crippen LogP contribution in [-0.4, -0.2) is 53.2 Å². The molecule has 0 unspecified atom stereocenters. The van der Waals surface area contributed by atoms with Crippen molar-refractivity contribution in [1.29, 1.82) is 0 Å². The predicted molar refractivity (Wildman–Crippen MR) is 153 cm³/mol. The van der Waals surface area contributed by atoms with Gasteiger partial charge in [0.05, 0.1) is 23.9 Å². The van der Waals surface area contributed by atoms with Crippen LogP contribution in [0.5, 0.6) is 11.5 Å². The molecule has 3 aliphatic rings. The van der Waals surface area contributed by atoms with E-state index in [1.165, 1.54) is 0 Å². The summed E-state index contributed by atoms with van der Waals surface area (Å²) in [6, 6.07) is 6.29. The Bertz CT molecular complexity index is 1510. The van der Waals surface area contributed by atoms with E-state index in [4.69, 9.17) is 13.9 Å². The van der Waals surface area contributed by atoms with Gasteiger partial charge >= 0.3 is 0 Å². The molecule has 8 heteroatoms. The van der Waals surface area contributed by atoms with Gasteiger partial charge in [0.15, 0.2) is 11.5 Å². The van der Waals surface area contributed by atoms with Gasteiger partial charge in [0, 0.05) is 42.2 Å². The number of nitrogens with zero attached hydrogens (tertiary/aromatic N) is 2. The number of carbonyl (C=O) groups is 1. The van der Waals surface area contributed by atoms with Crippen LogP contribution < -0.4 is 15.0 Å². The minimum Gasteiger partial charge on any atom is -0.464 e. The highest BCUT2D eigenvalue weighted by molar-refractivity contribution is 6.02. The van der Waals surface area contributed by atoms with E-state index >= 15 is 0 Å². The third kappa shape index (κ3) is 4.33. The fourth-order valence-corrected chi connectivity index (χ4v) is 6.96. The molecule has 2 aromatic heterocycles. The lowest BCUT2D eigenvalue weighted by Gasteiger charge is -2.39. The molecule has 0 saturated heterocycles. The zero-order valence-electron chi connectivity index (χ0n) is 24.3. The zero-order valence-corrected chi connectivity index (χ0v) is 24.3. The van der Waals surface area contributed by atoms with Crippen LogP contribution in [0.2, 0.25) is 0 Å². The number of hydrogen-bond donors (Lipinski definition) is 1. The van der Waals surface area contributed by atoms with Crippen molar-refractivity contribution in [3.05, 3.63) is 68.3 Å². The number of furan rings is 1. The van der Waals surface area contributed by atoms with E-state index in [1.807, 2.05) is 45.9 Å². The van der Waals surface area contributed by atoms with Gasteiger partial charge in [0.1, 0.15) is 5.76 Å². The lowest BCUT2D eigenvalue weighted by Crippen LogP contribution is -2.46. The van der Waals surface area contributed by atoms with Crippen LogP contribution >= 0.6 is 0 Å². The molecule has 0 radical (unpaired) electrons. The first-order valence-electron chi connectivity index (χ1n) is 14.3. The Kier molecular flexibility index (Phi) is 6.56. The average Bonchev–Trinajstić information content (AvgIpc) is 3.56. The maximum atomic E-state index is 14.1. The van der Waals surface area contributed by atoms with Gasteiger partial charge in [-0.2, -0.15) is 0 Å². The molecule has 0 bridgehead atoms. The highest BCUT2D eigenvalue weighted by Crippen LogP contribution is 2.55. The molecule has 1 amide bonds. The second-order valence-electron chi connectivity index (χ2n) is 12.1. The number of H-pyrrole nitrogens is 1. The van der Waals surface area contributed by atoms with Gasteiger partial charge in [-0.25, -0.2) is 0 Å². The molecule has 1 aromatic carbocycles. The third-order valence-corrected chi connectivity index (χ3v) is 9.27. The normalized spacial score (nSPS) is 24.1. The SMILES string of the molecule is Cc1cc(C)c(CN2CCc3c(c(C)c4c(c3-c3ccco3)O[C@@](C)([C@H]3CC[C@H](N(C)C)CC3)O4)C2=O)c(=O)[nH]1. The highest BCUT2D eigenvalue weighted by Gasteiger charge is 2.49. The summed E-state index contributed by atoms with van der Waals surface area (Å²) in [6.07, 6.45) is 6.50. The minimum atomic E-state index is -0.815. The number of benzene rings is 1. The number of ether oxygens (including phenoxy) is 2. The van der Waals surface area contributed by atoms with Gasteiger partial charge in [-0.1, -0.05) is 0 Å². The Morgan fingerprint density at radius 1 is 1.05 bits per heavy atom. The third-order valence-electron chi connectivity index (χ3n) is 9.27. The second kappa shape index (κ2) is 9.84. The van der Waals surface area contributed by atoms with E-state index in [0.717, 1.165) is 53.6 Å². The second-order valence-corrected chi connectivity index (χ2v) is 12.1. The van der Waals surface area contributed by atoms with E-state index in [9.17, 15) is 9.59 Å². The number of amides is 1. The maximum absolute atomic E-state index is 14.1. The first kappa shape index (κ1) is 26.7. The van der Waals surface area contributed by atoms with E-state index in [1.54, 1.807) is 11.2 Å². The van der Waals surface area contributed by atoms with Gasteiger partial charge in [-0.15, -0.1) is 0 Å². The van der Waals surface area contributed by atoms with Gasteiger partial charge in [0.25, 0.3) is 17.3 Å². The smallest absolute Gasteiger partial charge is 0.254 e. The standard InChI is InChI=1S/C32H39N3O5/c1-18-16-19(2)33-30(36)24(18)17-35-14-13-23-26(31(35)37)20(3)28-29(27(23)25-8-7-15-38-25)40-32(4,39-28)21-9-11-22(12-10-21)34(5)6/h7-8,15-16,21-22H,9-14,17H2,1-6H3,(H,33,36)/t21-,22-,32-/m0/s1. The first-order chi connectivity index (χ1) is 19.1. The largest absolute Gasteiger partial charge is 0.464 e. The van der Waals surface area contributed by atoms with E-state index < -0.39 is 5.79 Å². The summed E-state index contributed by atoms with van der Waals surface area (Å²) < 4.78 is 19.4. The van der Waals surface area contributed by atoms with Crippen LogP contribution in [0.3, 0.4) is 0 Å². The fourth-order valence-electron chi connectivity index (χ4n) is 6.96. The van der Waals surface area contributed by atoms with E-state index in [-0.39, 0.29) is 23.9 Å². The number of pyridine rings is 1. The van der Waals surface area contributed by atoms with Gasteiger partial charge in [0.2, 0.25) is 0 Å². The summed E-state index contributed by atoms with van der Waals surface area (Å²) in [7, 11) is 4.29. The van der Waals surface area contributed by atoms with Crippen molar-refractivity contribution >= 4 is 5.91 Å². The number of aromatic nitrogens is 1. The van der Waals surface area contributed by atoms with Crippen LogP contribution in [0.25, 0.3) is 11.3 Å². The molecule has 1 N–H and O–H groups in total. The van der Waals surface area contributed by atoms with Crippen LogP contribution in [0.15, 0.2) is 33.7 Å². The summed E-state index contributed by atoms with van der Waals surface area (Å²) in [4.78, 5) is 33.8. The molecule has 40 heavy (non-hydrogen) atoms. The Labute approximate surface area is 235 Å². The molecule has 1 saturated carbocycles. The minimum absolute atomic E-state index is 0.0996. The van der Waals surface area contributed by atoms with Gasteiger partial charge < -0.3 is 28.7 Å². The summed E-state index contributed by atoms with van der Waals surface area (Å²) in [5.41, 5.74) is 5.32. The van der Waals surface area contributed by atoms with Crippen molar-refractivity contribution in [2.45, 2.75) is 78.2 Å². The quantitative estimate of drug-likeness (QED) is 0.464. The number of hydrogen-bond acceptors (Lipinski definition) is 6. The summed E-state index contributed by atoms with van der Waals surface area (Å²) in [5.74, 6) is 1.30. The molecule has 3 aromatic rings. The van der Waals surface area contributed by atoms with Crippen molar-refractivity contribution in [3.63, 3.8) is 0 Å². The van der Waals surface area contributed by atoms with E-state index in [0.29, 0.717) is 47.4 Å². The van der Waals surface area contributed by atoms with Gasteiger partial charge in [-0.05, 0) is 96.3 Å². The number of rotatable bonds is 5. The van der Waals surface area contributed by atoms with Crippen molar-refractivity contribution in [2.75, 3.05) is 20.6 Å². The molecule has 8 nitrogen and oxygen atoms in total. The monoisotopic (exact) mass is 545 g/mol. The lowest BCUT2D eigenvalue weighted by atomic mass is 9.81. The van der Waals surface area contributed by atoms with Crippen LogP contribution in [0.4, 0.5) is 0 Å². The van der Waals surface area contributed by atoms with Crippen LogP contribution in [0, 0.1) is 26.7 Å². The molecule has 4 heterocycles. The van der Waals surface area contributed by atoms with Crippen molar-refractivity contribution in [1.82, 2.24) is 14.8 Å². The Balaban J connectivity index is 1.38. The average molecular weight is 546 g/mol. The lowest BCUT2D eigenvalue weighted by molar-refractivity contribution is -0.123. The topological polar surface area (TPSA) is 88.0 Å².